The topological polar surface area (TPSA) is 86.1 Å². The summed E-state index contributed by atoms with van der Waals surface area (Å²) in [7, 11) is 0. The summed E-state index contributed by atoms with van der Waals surface area (Å²) in [6.45, 7) is 1.36. The van der Waals surface area contributed by atoms with Crippen LogP contribution in [0, 0.1) is 17.0 Å². The average molecular weight is 326 g/mol. The van der Waals surface area contributed by atoms with Gasteiger partial charge in [0.15, 0.2) is 0 Å². The number of hydrogen-bond acceptors (Lipinski definition) is 4. The maximum atomic E-state index is 13.7. The molecule has 1 aromatic carbocycles. The van der Waals surface area contributed by atoms with Crippen molar-refractivity contribution in [2.75, 3.05) is 5.32 Å². The van der Waals surface area contributed by atoms with Gasteiger partial charge in [-0.1, -0.05) is 17.7 Å². The minimum absolute atomic E-state index is 0.0378. The van der Waals surface area contributed by atoms with Crippen LogP contribution in [0.1, 0.15) is 22.8 Å². The number of hydrogen-bond donors (Lipinski definition) is 3. The van der Waals surface area contributed by atoms with E-state index >= 15 is 0 Å². The number of aromatic carboxylic acids is 1. The highest BCUT2D eigenvalue weighted by atomic mass is 35.5. The second-order valence-corrected chi connectivity index (χ2v) is 4.74. The number of carboxylic acid groups (broad SMARTS) is 1. The molecule has 0 aliphatic carbocycles. The predicted octanol–water partition coefficient (Wildman–Crippen LogP) is 3.84. The van der Waals surface area contributed by atoms with Crippen molar-refractivity contribution in [3.8, 4) is 0 Å². The van der Waals surface area contributed by atoms with E-state index in [0.717, 1.165) is 18.3 Å². The molecule has 0 aliphatic heterocycles. The van der Waals surface area contributed by atoms with Gasteiger partial charge < -0.3 is 15.8 Å². The Hall–Kier alpha value is -2.54. The van der Waals surface area contributed by atoms with Gasteiger partial charge in [0.1, 0.15) is 23.1 Å². The molecule has 0 aliphatic rings. The number of anilines is 2. The number of pyridine rings is 1. The molecule has 0 amide bonds. The van der Waals surface area contributed by atoms with Crippen LogP contribution >= 0.6 is 11.6 Å². The zero-order valence-corrected chi connectivity index (χ0v) is 12.0. The first-order valence-electron chi connectivity index (χ1n) is 6.01. The largest absolute Gasteiger partial charge is 0.478 e. The third kappa shape index (κ3) is 2.89. The highest BCUT2D eigenvalue weighted by Crippen LogP contribution is 2.30. The molecule has 2 aromatic rings. The fourth-order valence-corrected chi connectivity index (χ4v) is 2.17. The fourth-order valence-electron chi connectivity index (χ4n) is 1.81. The Morgan fingerprint density at radius 3 is 2.45 bits per heavy atom. The van der Waals surface area contributed by atoms with Crippen LogP contribution in [0.15, 0.2) is 24.4 Å². The van der Waals surface area contributed by atoms with Gasteiger partial charge in [-0.25, -0.2) is 18.6 Å². The van der Waals surface area contributed by atoms with Gasteiger partial charge in [-0.15, -0.1) is 0 Å². The third-order valence-corrected chi connectivity index (χ3v) is 3.22. The molecule has 8 heteroatoms. The molecule has 22 heavy (non-hydrogen) atoms. The van der Waals surface area contributed by atoms with Gasteiger partial charge >= 0.3 is 5.97 Å². The summed E-state index contributed by atoms with van der Waals surface area (Å²) in [4.78, 5) is 14.8. The number of nitrogens with one attached hydrogen (secondary N) is 2. The van der Waals surface area contributed by atoms with Gasteiger partial charge in [0, 0.05) is 11.9 Å². The van der Waals surface area contributed by atoms with Gasteiger partial charge in [0.05, 0.1) is 16.1 Å². The molecule has 0 saturated heterocycles. The Morgan fingerprint density at radius 1 is 1.36 bits per heavy atom. The van der Waals surface area contributed by atoms with E-state index in [1.165, 1.54) is 13.0 Å². The van der Waals surface area contributed by atoms with Crippen molar-refractivity contribution in [1.82, 2.24) is 4.98 Å². The van der Waals surface area contributed by atoms with E-state index in [-0.39, 0.29) is 27.7 Å². The summed E-state index contributed by atoms with van der Waals surface area (Å²) in [5, 5.41) is 18.9. The van der Waals surface area contributed by atoms with Gasteiger partial charge in [-0.3, -0.25) is 0 Å². The number of halogens is 3. The van der Waals surface area contributed by atoms with Crippen molar-refractivity contribution < 1.29 is 18.7 Å². The number of aromatic nitrogens is 1. The van der Waals surface area contributed by atoms with Crippen molar-refractivity contribution in [1.29, 1.82) is 5.41 Å². The van der Waals surface area contributed by atoms with Crippen molar-refractivity contribution in [3.63, 3.8) is 0 Å². The lowest BCUT2D eigenvalue weighted by Crippen LogP contribution is -2.10. The monoisotopic (exact) mass is 325 g/mol. The molecule has 0 atom stereocenters. The van der Waals surface area contributed by atoms with Crippen LogP contribution in [0.3, 0.4) is 0 Å². The SMILES string of the molecule is CC(=N)c1c(Nc2c(F)cccc2F)ncc(C(=O)O)c1Cl. The quantitative estimate of drug-likeness (QED) is 0.745. The number of benzene rings is 1. The summed E-state index contributed by atoms with van der Waals surface area (Å²) < 4.78 is 27.3. The Labute approximate surface area is 129 Å². The van der Waals surface area contributed by atoms with Gasteiger partial charge in [0.2, 0.25) is 0 Å². The van der Waals surface area contributed by atoms with Crippen molar-refractivity contribution in [3.05, 3.63) is 52.2 Å². The zero-order valence-electron chi connectivity index (χ0n) is 11.2. The average Bonchev–Trinajstić information content (AvgIpc) is 2.42. The van der Waals surface area contributed by atoms with Crippen molar-refractivity contribution >= 4 is 34.8 Å². The zero-order chi connectivity index (χ0) is 16.4. The van der Waals surface area contributed by atoms with E-state index in [1.54, 1.807) is 0 Å². The van der Waals surface area contributed by atoms with E-state index < -0.39 is 23.3 Å². The molecular weight excluding hydrogens is 316 g/mol. The molecule has 0 spiro atoms. The number of nitrogens with zero attached hydrogens (tertiary/aromatic N) is 1. The van der Waals surface area contributed by atoms with E-state index in [4.69, 9.17) is 22.1 Å². The number of rotatable bonds is 4. The van der Waals surface area contributed by atoms with Crippen molar-refractivity contribution in [2.24, 2.45) is 0 Å². The summed E-state index contributed by atoms with van der Waals surface area (Å²) in [6, 6.07) is 3.30. The molecule has 1 heterocycles. The Balaban J connectivity index is 2.59. The van der Waals surface area contributed by atoms with Crippen molar-refractivity contribution in [2.45, 2.75) is 6.92 Å². The first-order valence-corrected chi connectivity index (χ1v) is 6.39. The normalized spacial score (nSPS) is 10.4. The van der Waals surface area contributed by atoms with Crippen LogP contribution in [0.2, 0.25) is 5.02 Å². The smallest absolute Gasteiger partial charge is 0.338 e. The second-order valence-electron chi connectivity index (χ2n) is 4.36. The number of carbonyl (C=O) groups is 1. The Morgan fingerprint density at radius 2 is 1.95 bits per heavy atom. The number of para-hydroxylation sites is 1. The lowest BCUT2D eigenvalue weighted by Gasteiger charge is -2.14. The van der Waals surface area contributed by atoms with E-state index in [2.05, 4.69) is 10.3 Å². The summed E-state index contributed by atoms with van der Waals surface area (Å²) >= 11 is 5.96. The molecule has 0 bridgehead atoms. The Kier molecular flexibility index (Phi) is 4.37. The molecule has 0 radical (unpaired) electrons. The highest BCUT2D eigenvalue weighted by Gasteiger charge is 2.20. The molecule has 1 aromatic heterocycles. The maximum absolute atomic E-state index is 13.7. The molecule has 0 saturated carbocycles. The molecule has 0 fully saturated rings. The fraction of sp³-hybridized carbons (Fsp3) is 0.0714. The van der Waals surface area contributed by atoms with Crippen LogP contribution in [0.4, 0.5) is 20.3 Å². The van der Waals surface area contributed by atoms with E-state index in [0.29, 0.717) is 0 Å². The number of carboxylic acids is 1. The lowest BCUT2D eigenvalue weighted by atomic mass is 10.1. The minimum Gasteiger partial charge on any atom is -0.478 e. The van der Waals surface area contributed by atoms with Crippen LogP contribution < -0.4 is 5.32 Å². The predicted molar refractivity (Wildman–Crippen MR) is 78.3 cm³/mol. The molecule has 5 nitrogen and oxygen atoms in total. The highest BCUT2D eigenvalue weighted by molar-refractivity contribution is 6.37. The molecule has 114 valence electrons. The summed E-state index contributed by atoms with van der Waals surface area (Å²) in [5.74, 6) is -3.13. The standard InChI is InChI=1S/C14H10ClF2N3O2/c1-6(18)10-11(15)7(14(21)22)5-19-13(10)20-12-8(16)3-2-4-9(12)17/h2-5,18H,1H3,(H,19,20)(H,21,22). The summed E-state index contributed by atoms with van der Waals surface area (Å²) in [5.41, 5.74) is -0.900. The minimum atomic E-state index is -1.32. The maximum Gasteiger partial charge on any atom is 0.338 e. The second kappa shape index (κ2) is 6.07. The third-order valence-electron chi connectivity index (χ3n) is 2.83. The van der Waals surface area contributed by atoms with Crippen LogP contribution in [0.5, 0.6) is 0 Å². The lowest BCUT2D eigenvalue weighted by molar-refractivity contribution is 0.0696. The first-order chi connectivity index (χ1) is 10.3. The molecule has 3 N–H and O–H groups in total. The van der Waals surface area contributed by atoms with Gasteiger partial charge in [-0.05, 0) is 19.1 Å². The molecular formula is C14H10ClF2N3O2. The Bertz CT molecular complexity index is 761. The first kappa shape index (κ1) is 15.8. The van der Waals surface area contributed by atoms with Gasteiger partial charge in [-0.2, -0.15) is 0 Å². The molecule has 0 unspecified atom stereocenters. The van der Waals surface area contributed by atoms with Crippen LogP contribution in [-0.2, 0) is 0 Å². The van der Waals surface area contributed by atoms with E-state index in [1.807, 2.05) is 0 Å². The van der Waals surface area contributed by atoms with Gasteiger partial charge in [0.25, 0.3) is 0 Å². The molecule has 2 rings (SSSR count). The van der Waals surface area contributed by atoms with Crippen LogP contribution in [-0.4, -0.2) is 21.8 Å². The summed E-state index contributed by atoms with van der Waals surface area (Å²) in [6.07, 6.45) is 0.957. The van der Waals surface area contributed by atoms with E-state index in [9.17, 15) is 13.6 Å². The van der Waals surface area contributed by atoms with Crippen LogP contribution in [0.25, 0.3) is 0 Å².